The third-order valence-corrected chi connectivity index (χ3v) is 8.12. The number of rotatable bonds is 4. The van der Waals surface area contributed by atoms with Crippen LogP contribution in [0.5, 0.6) is 0 Å². The molecule has 0 spiro atoms. The number of para-hydroxylation sites is 1. The summed E-state index contributed by atoms with van der Waals surface area (Å²) in [6, 6.07) is 18.0. The van der Waals surface area contributed by atoms with Gasteiger partial charge in [0.2, 0.25) is 0 Å². The lowest BCUT2D eigenvalue weighted by atomic mass is 9.84. The van der Waals surface area contributed by atoms with E-state index < -0.39 is 78.1 Å². The third-order valence-electron chi connectivity index (χ3n) is 8.12. The minimum Gasteiger partial charge on any atom is -0.455 e. The summed E-state index contributed by atoms with van der Waals surface area (Å²) >= 11 is 0. The molecule has 0 aliphatic rings. The Morgan fingerprint density at radius 2 is 0.911 bits per heavy atom. The van der Waals surface area contributed by atoms with E-state index >= 15 is 0 Å². The Morgan fingerprint density at radius 3 is 1.58 bits per heavy atom. The van der Waals surface area contributed by atoms with Gasteiger partial charge in [-0.05, 0) is 78.7 Å². The molecule has 0 atom stereocenters. The molecule has 1 aromatic heterocycles. The molecule has 0 amide bonds. The van der Waals surface area contributed by atoms with Crippen molar-refractivity contribution in [3.8, 4) is 44.5 Å². The van der Waals surface area contributed by atoms with Crippen LogP contribution in [-0.2, 0) is 0 Å². The summed E-state index contributed by atoms with van der Waals surface area (Å²) in [5.41, 5.74) is 2.06. The van der Waals surface area contributed by atoms with Crippen molar-refractivity contribution in [3.05, 3.63) is 170 Å². The minimum atomic E-state index is -0.654. The average molecular weight is 587 g/mol. The van der Waals surface area contributed by atoms with Crippen molar-refractivity contribution in [1.82, 2.24) is 0 Å². The van der Waals surface area contributed by atoms with Gasteiger partial charge in [-0.3, -0.25) is 0 Å². The normalized spacial score (nSPS) is 15.9. The van der Waals surface area contributed by atoms with Gasteiger partial charge in [-0.2, -0.15) is 0 Å². The fourth-order valence-electron chi connectivity index (χ4n) is 6.27. The number of fused-ring (bicyclic) bond motifs is 5. The van der Waals surface area contributed by atoms with Gasteiger partial charge in [-0.15, -0.1) is 0 Å². The first-order valence-electron chi connectivity index (χ1n) is 21.3. The third kappa shape index (κ3) is 4.09. The van der Waals surface area contributed by atoms with Crippen LogP contribution < -0.4 is 0 Å². The fourth-order valence-corrected chi connectivity index (χ4v) is 6.27. The van der Waals surface area contributed by atoms with Crippen molar-refractivity contribution in [2.75, 3.05) is 0 Å². The van der Waals surface area contributed by atoms with Gasteiger partial charge in [0.1, 0.15) is 11.2 Å². The van der Waals surface area contributed by atoms with E-state index in [-0.39, 0.29) is 28.8 Å². The molecule has 1 nitrogen and oxygen atoms in total. The van der Waals surface area contributed by atoms with Crippen LogP contribution in [0.1, 0.15) is 19.2 Å². The number of furan rings is 1. The molecule has 0 bridgehead atoms. The molecular weight excluding hydrogens is 544 g/mol. The van der Waals surface area contributed by atoms with Crippen LogP contribution in [0.3, 0.4) is 0 Å². The maximum absolute atomic E-state index is 9.58. The van der Waals surface area contributed by atoms with Crippen LogP contribution in [0.2, 0.25) is 0 Å². The molecule has 0 radical (unpaired) electrons. The standard InChI is InChI=1S/C44H28O/c1-3-14-29(15-4-1)31-18-13-19-32(28-31)41-34-20-7-9-22-36(34)42(37-23-10-8-21-35(37)41)39-27-26-33(30-16-5-2-6-17-30)44-43(39)38-24-11-12-25-40(38)45-44/h1-28H/i1D,2D,3D,4D,5D,6D,13D,14D,15D,16D,17D,18D,19D,28D. The maximum atomic E-state index is 9.58. The summed E-state index contributed by atoms with van der Waals surface area (Å²) in [6.45, 7) is 0. The van der Waals surface area contributed by atoms with E-state index in [1.807, 2.05) is 60.7 Å². The number of hydrogen-bond donors (Lipinski definition) is 0. The van der Waals surface area contributed by atoms with Crippen molar-refractivity contribution in [3.63, 3.8) is 0 Å². The Hall–Kier alpha value is -5.92. The predicted octanol–water partition coefficient (Wildman–Crippen LogP) is 12.6. The molecule has 0 N–H and O–H groups in total. The van der Waals surface area contributed by atoms with Gasteiger partial charge < -0.3 is 4.42 Å². The molecule has 1 heterocycles. The number of hydrogen-bond acceptors (Lipinski definition) is 1. The SMILES string of the molecule is [2H]c1c([2H])c([2H])c(-c2c([2H])c([2H])c([2H])c(-c3c4ccccc4c(-c4ccc(-c5c([2H])c([2H])c([2H])c([2H])c5[2H])c5oc6ccccc6c45)c4ccccc34)c2[2H])c([2H])c1[2H]. The second-order valence-electron chi connectivity index (χ2n) is 10.6. The summed E-state index contributed by atoms with van der Waals surface area (Å²) in [4.78, 5) is 0. The average Bonchev–Trinajstić information content (AvgIpc) is 3.64. The van der Waals surface area contributed by atoms with Gasteiger partial charge in [0.15, 0.2) is 0 Å². The van der Waals surface area contributed by atoms with Crippen LogP contribution in [0.25, 0.3) is 88.0 Å². The number of benzene rings is 8. The Balaban J connectivity index is 1.43. The highest BCUT2D eigenvalue weighted by Gasteiger charge is 2.22. The maximum Gasteiger partial charge on any atom is 0.143 e. The van der Waals surface area contributed by atoms with Gasteiger partial charge in [0.05, 0.1) is 19.2 Å². The molecule has 9 aromatic rings. The van der Waals surface area contributed by atoms with Crippen LogP contribution >= 0.6 is 0 Å². The molecule has 0 fully saturated rings. The van der Waals surface area contributed by atoms with Crippen LogP contribution in [0.15, 0.2) is 174 Å². The highest BCUT2D eigenvalue weighted by atomic mass is 16.3. The first-order chi connectivity index (χ1) is 28.2. The molecular formula is C44H28O. The molecule has 0 saturated carbocycles. The van der Waals surface area contributed by atoms with E-state index in [4.69, 9.17) is 20.9 Å². The largest absolute Gasteiger partial charge is 0.455 e. The Bertz CT molecular complexity index is 3220. The van der Waals surface area contributed by atoms with Crippen LogP contribution in [0, 0.1) is 0 Å². The highest BCUT2D eigenvalue weighted by molar-refractivity contribution is 6.26. The van der Waals surface area contributed by atoms with Gasteiger partial charge in [0, 0.05) is 16.3 Å². The molecule has 0 aliphatic carbocycles. The van der Waals surface area contributed by atoms with Crippen molar-refractivity contribution in [2.45, 2.75) is 0 Å². The van der Waals surface area contributed by atoms with Gasteiger partial charge in [-0.1, -0.05) is 151 Å². The molecule has 0 saturated heterocycles. The fraction of sp³-hybridized carbons (Fsp3) is 0. The Kier molecular flexibility index (Phi) is 3.50. The molecule has 8 aromatic carbocycles. The monoisotopic (exact) mass is 586 g/mol. The second-order valence-corrected chi connectivity index (χ2v) is 10.6. The summed E-state index contributed by atoms with van der Waals surface area (Å²) in [5, 5.41) is 3.76. The van der Waals surface area contributed by atoms with E-state index in [1.54, 1.807) is 24.3 Å². The van der Waals surface area contributed by atoms with E-state index in [2.05, 4.69) is 0 Å². The molecule has 210 valence electrons. The summed E-state index contributed by atoms with van der Waals surface area (Å²) in [5.74, 6) is 0. The Labute approximate surface area is 281 Å². The predicted molar refractivity (Wildman–Crippen MR) is 190 cm³/mol. The zero-order valence-corrected chi connectivity index (χ0v) is 23.5. The van der Waals surface area contributed by atoms with Gasteiger partial charge >= 0.3 is 0 Å². The van der Waals surface area contributed by atoms with Crippen molar-refractivity contribution in [1.29, 1.82) is 0 Å². The van der Waals surface area contributed by atoms with Crippen molar-refractivity contribution < 1.29 is 23.6 Å². The zero-order chi connectivity index (χ0) is 41.9. The quantitative estimate of drug-likeness (QED) is 0.187. The van der Waals surface area contributed by atoms with E-state index in [1.165, 1.54) is 0 Å². The summed E-state index contributed by atoms with van der Waals surface area (Å²) in [6.07, 6.45) is 0. The lowest BCUT2D eigenvalue weighted by Gasteiger charge is -2.19. The van der Waals surface area contributed by atoms with E-state index in [0.717, 1.165) is 5.56 Å². The lowest BCUT2D eigenvalue weighted by molar-refractivity contribution is 0.670. The first-order valence-corrected chi connectivity index (χ1v) is 14.3. The summed E-state index contributed by atoms with van der Waals surface area (Å²) in [7, 11) is 0. The van der Waals surface area contributed by atoms with E-state index in [0.29, 0.717) is 60.2 Å². The zero-order valence-electron chi connectivity index (χ0n) is 37.5. The van der Waals surface area contributed by atoms with Gasteiger partial charge in [-0.25, -0.2) is 0 Å². The first kappa shape index (κ1) is 15.2. The Morgan fingerprint density at radius 1 is 0.400 bits per heavy atom. The molecule has 0 aliphatic heterocycles. The highest BCUT2D eigenvalue weighted by Crippen LogP contribution is 2.48. The van der Waals surface area contributed by atoms with E-state index in [9.17, 15) is 2.74 Å². The second kappa shape index (κ2) is 10.4. The minimum absolute atomic E-state index is 0.0124. The smallest absolute Gasteiger partial charge is 0.143 e. The van der Waals surface area contributed by atoms with Crippen molar-refractivity contribution >= 4 is 43.5 Å². The molecule has 1 heteroatoms. The molecule has 45 heavy (non-hydrogen) atoms. The topological polar surface area (TPSA) is 13.1 Å². The van der Waals surface area contributed by atoms with Crippen LogP contribution in [-0.4, -0.2) is 0 Å². The van der Waals surface area contributed by atoms with Crippen LogP contribution in [0.4, 0.5) is 0 Å². The lowest BCUT2D eigenvalue weighted by Crippen LogP contribution is -1.92. The van der Waals surface area contributed by atoms with Gasteiger partial charge in [0.25, 0.3) is 0 Å². The van der Waals surface area contributed by atoms with Crippen molar-refractivity contribution in [2.24, 2.45) is 0 Å². The summed E-state index contributed by atoms with van der Waals surface area (Å²) < 4.78 is 128. The molecule has 9 rings (SSSR count). The molecule has 0 unspecified atom stereocenters.